The summed E-state index contributed by atoms with van der Waals surface area (Å²) >= 11 is 0. The van der Waals surface area contributed by atoms with Gasteiger partial charge in [-0.15, -0.1) is 0 Å². The topological polar surface area (TPSA) is 46.2 Å². The number of benzene rings is 1. The highest BCUT2D eigenvalue weighted by Gasteiger charge is 2.26. The third-order valence-corrected chi connectivity index (χ3v) is 2.18. The van der Waals surface area contributed by atoms with Gasteiger partial charge in [0, 0.05) is 0 Å². The van der Waals surface area contributed by atoms with Gasteiger partial charge in [0.25, 0.3) is 0 Å². The maximum absolute atomic E-state index is 10.5. The van der Waals surface area contributed by atoms with E-state index < -0.39 is 12.1 Å². The van der Waals surface area contributed by atoms with Crippen molar-refractivity contribution in [2.24, 2.45) is 0 Å². The molecule has 0 saturated heterocycles. The van der Waals surface area contributed by atoms with Gasteiger partial charge in [0.1, 0.15) is 5.75 Å². The van der Waals surface area contributed by atoms with E-state index in [4.69, 9.17) is 4.74 Å². The molecule has 2 rings (SSSR count). The quantitative estimate of drug-likeness (QED) is 0.649. The van der Waals surface area contributed by atoms with E-state index in [0.29, 0.717) is 12.2 Å². The Labute approximate surface area is 76.0 Å². The highest BCUT2D eigenvalue weighted by molar-refractivity contribution is 5.72. The molecule has 1 aliphatic heterocycles. The Bertz CT molecular complexity index is 333. The molecule has 13 heavy (non-hydrogen) atoms. The Balaban J connectivity index is 2.24. The second-order valence-corrected chi connectivity index (χ2v) is 3.07. The lowest BCUT2D eigenvalue weighted by molar-refractivity contribution is -0.152. The number of aryl methyl sites for hydroxylation is 1. The molecule has 0 spiro atoms. The monoisotopic (exact) mass is 177 g/mol. The van der Waals surface area contributed by atoms with Crippen molar-refractivity contribution in [3.05, 3.63) is 29.8 Å². The molecule has 1 aromatic rings. The fourth-order valence-corrected chi connectivity index (χ4v) is 1.49. The first-order valence-corrected chi connectivity index (χ1v) is 4.23. The molecule has 0 amide bonds. The summed E-state index contributed by atoms with van der Waals surface area (Å²) in [7, 11) is 0. The zero-order chi connectivity index (χ0) is 9.26. The van der Waals surface area contributed by atoms with Crippen molar-refractivity contribution in [1.82, 2.24) is 0 Å². The van der Waals surface area contributed by atoms with Crippen LogP contribution in [0.2, 0.25) is 0 Å². The predicted molar refractivity (Wildman–Crippen MR) is 44.9 cm³/mol. The van der Waals surface area contributed by atoms with Crippen LogP contribution in [0.1, 0.15) is 12.0 Å². The summed E-state index contributed by atoms with van der Waals surface area (Å²) in [6.45, 7) is 0. The molecule has 1 aliphatic rings. The average Bonchev–Trinajstić information content (AvgIpc) is 2.17. The fraction of sp³-hybridized carbons (Fsp3) is 0.300. The van der Waals surface area contributed by atoms with Crippen molar-refractivity contribution in [3.8, 4) is 5.75 Å². The van der Waals surface area contributed by atoms with Gasteiger partial charge in [-0.2, -0.15) is 0 Å². The van der Waals surface area contributed by atoms with Gasteiger partial charge in [-0.25, -0.2) is 9.90 Å². The lowest BCUT2D eigenvalue weighted by Crippen LogP contribution is -2.30. The first-order valence-electron chi connectivity index (χ1n) is 4.23. The van der Waals surface area contributed by atoms with Crippen LogP contribution < -0.4 is 4.74 Å². The summed E-state index contributed by atoms with van der Waals surface area (Å²) < 4.78 is 5.23. The van der Waals surface area contributed by atoms with Crippen molar-refractivity contribution in [1.29, 1.82) is 0 Å². The highest BCUT2D eigenvalue weighted by Crippen LogP contribution is 2.26. The molecule has 67 valence electrons. The molecular weight excluding hydrogens is 168 g/mol. The predicted octanol–water partition coefficient (Wildman–Crippen LogP) is 1.34. The molecule has 0 fully saturated rings. The largest absolute Gasteiger partial charge is 0.478 e. The lowest BCUT2D eigenvalue weighted by Gasteiger charge is -2.21. The Morgan fingerprint density at radius 1 is 1.38 bits per heavy atom. The summed E-state index contributed by atoms with van der Waals surface area (Å²) in [5.74, 6) is -0.461. The van der Waals surface area contributed by atoms with Crippen molar-refractivity contribution < 1.29 is 14.6 Å². The van der Waals surface area contributed by atoms with Crippen LogP contribution in [-0.2, 0) is 16.3 Å². The van der Waals surface area contributed by atoms with Gasteiger partial charge in [0.15, 0.2) is 0 Å². The van der Waals surface area contributed by atoms with Gasteiger partial charge in [-0.1, -0.05) is 18.2 Å². The van der Waals surface area contributed by atoms with Gasteiger partial charge < -0.3 is 4.74 Å². The van der Waals surface area contributed by atoms with Crippen molar-refractivity contribution in [3.63, 3.8) is 0 Å². The minimum Gasteiger partial charge on any atom is -0.478 e. The Kier molecular flexibility index (Phi) is 1.93. The van der Waals surface area contributed by atoms with Crippen LogP contribution in [0.3, 0.4) is 0 Å². The SMILES string of the molecule is [O]C(=O)C1CCc2ccccc2O1. The summed E-state index contributed by atoms with van der Waals surface area (Å²) in [4.78, 5) is 10.5. The lowest BCUT2D eigenvalue weighted by atomic mass is 10.0. The van der Waals surface area contributed by atoms with E-state index >= 15 is 0 Å². The molecule has 0 N–H and O–H groups in total. The third kappa shape index (κ3) is 1.49. The number of fused-ring (bicyclic) bond motifs is 1. The van der Waals surface area contributed by atoms with E-state index in [1.165, 1.54) is 0 Å². The molecule has 3 nitrogen and oxygen atoms in total. The number of rotatable bonds is 1. The number of ether oxygens (including phenoxy) is 1. The van der Waals surface area contributed by atoms with E-state index in [1.807, 2.05) is 18.2 Å². The number of para-hydroxylation sites is 1. The van der Waals surface area contributed by atoms with Crippen LogP contribution in [0.25, 0.3) is 0 Å². The molecule has 0 bridgehead atoms. The van der Waals surface area contributed by atoms with Gasteiger partial charge in [-0.05, 0) is 24.5 Å². The second-order valence-electron chi connectivity index (χ2n) is 3.07. The molecular formula is C10H9O3. The molecule has 1 heterocycles. The number of hydrogen-bond donors (Lipinski definition) is 0. The van der Waals surface area contributed by atoms with Crippen molar-refractivity contribution >= 4 is 5.97 Å². The highest BCUT2D eigenvalue weighted by atomic mass is 16.5. The summed E-state index contributed by atoms with van der Waals surface area (Å²) in [6, 6.07) is 7.48. The van der Waals surface area contributed by atoms with E-state index in [1.54, 1.807) is 6.07 Å². The number of hydrogen-bond acceptors (Lipinski definition) is 2. The molecule has 0 aliphatic carbocycles. The van der Waals surface area contributed by atoms with Gasteiger partial charge in [-0.3, -0.25) is 0 Å². The third-order valence-electron chi connectivity index (χ3n) is 2.18. The first-order chi connectivity index (χ1) is 6.27. The minimum atomic E-state index is -1.13. The maximum atomic E-state index is 10.5. The van der Waals surface area contributed by atoms with Crippen molar-refractivity contribution in [2.45, 2.75) is 18.9 Å². The first kappa shape index (κ1) is 8.10. The molecule has 0 aromatic heterocycles. The molecule has 1 unspecified atom stereocenters. The van der Waals surface area contributed by atoms with Gasteiger partial charge in [0.05, 0.1) is 0 Å². The Hall–Kier alpha value is -1.51. The summed E-state index contributed by atoms with van der Waals surface area (Å²) in [5.41, 5.74) is 1.07. The normalized spacial score (nSPS) is 20.2. The van der Waals surface area contributed by atoms with Crippen LogP contribution in [0.4, 0.5) is 0 Å². The Morgan fingerprint density at radius 2 is 2.15 bits per heavy atom. The standard InChI is InChI=1S/C10H9O3/c11-10(12)9-6-5-7-3-1-2-4-8(7)13-9/h1-4,9H,5-6H2. The fourth-order valence-electron chi connectivity index (χ4n) is 1.49. The smallest absolute Gasteiger partial charge is 0.395 e. The average molecular weight is 177 g/mol. The van der Waals surface area contributed by atoms with Gasteiger partial charge >= 0.3 is 5.97 Å². The molecule has 1 atom stereocenters. The second kappa shape index (κ2) is 3.09. The molecule has 3 heteroatoms. The molecule has 1 radical (unpaired) electrons. The zero-order valence-corrected chi connectivity index (χ0v) is 7.03. The minimum absolute atomic E-state index is 0.499. The maximum Gasteiger partial charge on any atom is 0.395 e. The van der Waals surface area contributed by atoms with E-state index in [9.17, 15) is 9.90 Å². The van der Waals surface area contributed by atoms with Crippen LogP contribution in [0.5, 0.6) is 5.75 Å². The van der Waals surface area contributed by atoms with Crippen LogP contribution in [0.15, 0.2) is 24.3 Å². The Morgan fingerprint density at radius 3 is 2.92 bits per heavy atom. The van der Waals surface area contributed by atoms with Crippen LogP contribution in [-0.4, -0.2) is 12.1 Å². The molecule has 1 aromatic carbocycles. The van der Waals surface area contributed by atoms with E-state index in [-0.39, 0.29) is 0 Å². The van der Waals surface area contributed by atoms with E-state index in [2.05, 4.69) is 0 Å². The van der Waals surface area contributed by atoms with E-state index in [0.717, 1.165) is 12.0 Å². The van der Waals surface area contributed by atoms with Crippen LogP contribution in [0, 0.1) is 0 Å². The number of carbonyl (C=O) groups is 1. The van der Waals surface area contributed by atoms with Crippen LogP contribution >= 0.6 is 0 Å². The van der Waals surface area contributed by atoms with Crippen molar-refractivity contribution in [2.75, 3.05) is 0 Å². The molecule has 0 saturated carbocycles. The van der Waals surface area contributed by atoms with Gasteiger partial charge in [0.2, 0.25) is 6.10 Å². The zero-order valence-electron chi connectivity index (χ0n) is 7.03. The summed E-state index contributed by atoms with van der Waals surface area (Å²) in [5, 5.41) is 10.5. The summed E-state index contributed by atoms with van der Waals surface area (Å²) in [6.07, 6.45) is 0.462. The number of carbonyl (C=O) groups excluding carboxylic acids is 1.